The van der Waals surface area contributed by atoms with Gasteiger partial charge in [-0.2, -0.15) is 0 Å². The van der Waals surface area contributed by atoms with Gasteiger partial charge in [0.1, 0.15) is 0 Å². The summed E-state index contributed by atoms with van der Waals surface area (Å²) in [5.41, 5.74) is 3.11. The number of amides is 2. The molecular formula is C23H24N4O2. The second-order valence-electron chi connectivity index (χ2n) is 7.58. The third-order valence-electron chi connectivity index (χ3n) is 5.30. The van der Waals surface area contributed by atoms with Crippen molar-refractivity contribution in [2.24, 2.45) is 5.92 Å². The molecule has 0 spiro atoms. The number of aromatic nitrogens is 2. The van der Waals surface area contributed by atoms with Gasteiger partial charge in [-0.05, 0) is 24.3 Å². The average Bonchev–Trinajstić information content (AvgIpc) is 2.78. The maximum absolute atomic E-state index is 13.4. The van der Waals surface area contributed by atoms with Crippen molar-refractivity contribution in [3.05, 3.63) is 60.4 Å². The largest absolute Gasteiger partial charge is 0.339 e. The molecule has 29 heavy (non-hydrogen) atoms. The second kappa shape index (κ2) is 7.99. The molecule has 0 aliphatic carbocycles. The minimum atomic E-state index is -0.0238. The van der Waals surface area contributed by atoms with E-state index in [2.05, 4.69) is 4.98 Å². The molecule has 1 aliphatic rings. The van der Waals surface area contributed by atoms with Crippen molar-refractivity contribution < 1.29 is 9.59 Å². The van der Waals surface area contributed by atoms with Gasteiger partial charge in [0.15, 0.2) is 0 Å². The van der Waals surface area contributed by atoms with Crippen LogP contribution in [-0.2, 0) is 4.79 Å². The predicted octanol–water partition coefficient (Wildman–Crippen LogP) is 3.24. The highest BCUT2D eigenvalue weighted by Crippen LogP contribution is 2.26. The smallest absolute Gasteiger partial charge is 0.254 e. The van der Waals surface area contributed by atoms with Crippen LogP contribution in [-0.4, -0.2) is 57.8 Å². The van der Waals surface area contributed by atoms with Crippen LogP contribution in [0.5, 0.6) is 0 Å². The summed E-state index contributed by atoms with van der Waals surface area (Å²) in [6, 6.07) is 13.4. The fourth-order valence-electron chi connectivity index (χ4n) is 3.69. The quantitative estimate of drug-likeness (QED) is 0.691. The summed E-state index contributed by atoms with van der Waals surface area (Å²) in [5.74, 6) is 0.103. The average molecular weight is 388 g/mol. The van der Waals surface area contributed by atoms with Gasteiger partial charge in [0.25, 0.3) is 5.91 Å². The van der Waals surface area contributed by atoms with Crippen LogP contribution in [0, 0.1) is 5.92 Å². The van der Waals surface area contributed by atoms with Gasteiger partial charge in [-0.25, -0.2) is 4.98 Å². The minimum absolute atomic E-state index is 0.0180. The Balaban J connectivity index is 1.65. The number of rotatable bonds is 3. The number of fused-ring (bicyclic) bond motifs is 1. The molecule has 4 rings (SSSR count). The number of nitrogens with zero attached hydrogens (tertiary/aromatic N) is 4. The van der Waals surface area contributed by atoms with Gasteiger partial charge in [-0.3, -0.25) is 14.6 Å². The molecule has 0 radical (unpaired) electrons. The highest BCUT2D eigenvalue weighted by atomic mass is 16.2. The molecule has 0 saturated carbocycles. The predicted molar refractivity (Wildman–Crippen MR) is 112 cm³/mol. The van der Waals surface area contributed by atoms with Crippen molar-refractivity contribution in [2.45, 2.75) is 13.8 Å². The van der Waals surface area contributed by atoms with Crippen molar-refractivity contribution in [3.8, 4) is 11.3 Å². The van der Waals surface area contributed by atoms with Crippen LogP contribution >= 0.6 is 0 Å². The van der Waals surface area contributed by atoms with Gasteiger partial charge >= 0.3 is 0 Å². The minimum Gasteiger partial charge on any atom is -0.339 e. The fraction of sp³-hybridized carbons (Fsp3) is 0.304. The van der Waals surface area contributed by atoms with E-state index in [9.17, 15) is 9.59 Å². The molecule has 2 aromatic heterocycles. The third-order valence-corrected chi connectivity index (χ3v) is 5.30. The number of pyridine rings is 2. The van der Waals surface area contributed by atoms with E-state index in [0.717, 1.165) is 22.2 Å². The van der Waals surface area contributed by atoms with Gasteiger partial charge < -0.3 is 9.80 Å². The van der Waals surface area contributed by atoms with Crippen molar-refractivity contribution >= 4 is 22.7 Å². The van der Waals surface area contributed by atoms with Crippen LogP contribution in [0.4, 0.5) is 0 Å². The van der Waals surface area contributed by atoms with Gasteiger partial charge in [-0.15, -0.1) is 0 Å². The Morgan fingerprint density at radius 1 is 0.931 bits per heavy atom. The number of hydrogen-bond acceptors (Lipinski definition) is 4. The Morgan fingerprint density at radius 2 is 1.59 bits per heavy atom. The van der Waals surface area contributed by atoms with Gasteiger partial charge in [0, 0.05) is 55.4 Å². The Hall–Kier alpha value is -3.28. The van der Waals surface area contributed by atoms with Crippen LogP contribution in [0.25, 0.3) is 22.2 Å². The van der Waals surface area contributed by atoms with Gasteiger partial charge in [0.2, 0.25) is 5.91 Å². The molecular weight excluding hydrogens is 364 g/mol. The van der Waals surface area contributed by atoms with Gasteiger partial charge in [0.05, 0.1) is 16.8 Å². The molecule has 1 aliphatic heterocycles. The van der Waals surface area contributed by atoms with Crippen molar-refractivity contribution in [2.75, 3.05) is 26.2 Å². The summed E-state index contributed by atoms with van der Waals surface area (Å²) in [5, 5.41) is 0.844. The number of carbonyl (C=O) groups is 2. The Kier molecular flexibility index (Phi) is 5.25. The standard InChI is InChI=1S/C23H24N4O2/c1-16(2)22(28)26-11-13-27(14-12-26)23(29)19-15-21(17-7-9-24-10-8-17)25-20-6-4-3-5-18(19)20/h3-10,15-16H,11-14H2,1-2H3. The van der Waals surface area contributed by atoms with Crippen LogP contribution in [0.3, 0.4) is 0 Å². The first-order valence-corrected chi connectivity index (χ1v) is 9.93. The summed E-state index contributed by atoms with van der Waals surface area (Å²) >= 11 is 0. The molecule has 1 saturated heterocycles. The lowest BCUT2D eigenvalue weighted by Gasteiger charge is -2.35. The number of piperazine rings is 1. The molecule has 0 bridgehead atoms. The van der Waals surface area contributed by atoms with Crippen LogP contribution in [0.2, 0.25) is 0 Å². The molecule has 6 heteroatoms. The van der Waals surface area contributed by atoms with Crippen molar-refractivity contribution in [1.82, 2.24) is 19.8 Å². The molecule has 0 N–H and O–H groups in total. The van der Waals surface area contributed by atoms with Crippen LogP contribution in [0.15, 0.2) is 54.9 Å². The highest BCUT2D eigenvalue weighted by molar-refractivity contribution is 6.07. The summed E-state index contributed by atoms with van der Waals surface area (Å²) in [4.78, 5) is 38.1. The number of para-hydroxylation sites is 1. The second-order valence-corrected chi connectivity index (χ2v) is 7.58. The first kappa shape index (κ1) is 19.1. The molecule has 0 unspecified atom stereocenters. The van der Waals surface area contributed by atoms with E-state index < -0.39 is 0 Å². The number of benzene rings is 1. The number of carbonyl (C=O) groups excluding carboxylic acids is 2. The molecule has 3 aromatic rings. The maximum atomic E-state index is 13.4. The summed E-state index contributed by atoms with van der Waals surface area (Å²) < 4.78 is 0. The topological polar surface area (TPSA) is 66.4 Å². The summed E-state index contributed by atoms with van der Waals surface area (Å²) in [6.07, 6.45) is 3.44. The zero-order valence-corrected chi connectivity index (χ0v) is 16.7. The maximum Gasteiger partial charge on any atom is 0.254 e. The summed E-state index contributed by atoms with van der Waals surface area (Å²) in [6.45, 7) is 6.04. The molecule has 1 fully saturated rings. The van der Waals surface area contributed by atoms with Gasteiger partial charge in [-0.1, -0.05) is 32.0 Å². The highest BCUT2D eigenvalue weighted by Gasteiger charge is 2.27. The summed E-state index contributed by atoms with van der Waals surface area (Å²) in [7, 11) is 0. The van der Waals surface area contributed by atoms with Crippen molar-refractivity contribution in [3.63, 3.8) is 0 Å². The monoisotopic (exact) mass is 388 g/mol. The van der Waals surface area contributed by atoms with E-state index in [-0.39, 0.29) is 17.7 Å². The van der Waals surface area contributed by atoms with E-state index >= 15 is 0 Å². The first-order valence-electron chi connectivity index (χ1n) is 9.93. The lowest BCUT2D eigenvalue weighted by molar-refractivity contribution is -0.135. The fourth-order valence-corrected chi connectivity index (χ4v) is 3.69. The third kappa shape index (κ3) is 3.83. The van der Waals surface area contributed by atoms with E-state index in [4.69, 9.17) is 4.98 Å². The molecule has 0 atom stereocenters. The number of hydrogen-bond donors (Lipinski definition) is 0. The zero-order valence-electron chi connectivity index (χ0n) is 16.7. The molecule has 2 amide bonds. The lowest BCUT2D eigenvalue weighted by atomic mass is 10.0. The SMILES string of the molecule is CC(C)C(=O)N1CCN(C(=O)c2cc(-c3ccncc3)nc3ccccc23)CC1. The van der Waals surface area contributed by atoms with Crippen LogP contribution < -0.4 is 0 Å². The molecule has 1 aromatic carbocycles. The Labute approximate surface area is 170 Å². The molecule has 148 valence electrons. The zero-order chi connectivity index (χ0) is 20.4. The Bertz CT molecular complexity index is 1040. The molecule has 6 nitrogen and oxygen atoms in total. The van der Waals surface area contributed by atoms with E-state index in [1.54, 1.807) is 12.4 Å². The first-order chi connectivity index (χ1) is 14.0. The normalized spacial score (nSPS) is 14.4. The van der Waals surface area contributed by atoms with Crippen molar-refractivity contribution in [1.29, 1.82) is 0 Å². The van der Waals surface area contributed by atoms with E-state index in [1.807, 2.05) is 66.1 Å². The van der Waals surface area contributed by atoms with Crippen LogP contribution in [0.1, 0.15) is 24.2 Å². The van der Waals surface area contributed by atoms with E-state index in [1.165, 1.54) is 0 Å². The molecule has 3 heterocycles. The van der Waals surface area contributed by atoms with E-state index in [0.29, 0.717) is 31.7 Å². The lowest BCUT2D eigenvalue weighted by Crippen LogP contribution is -2.51. The Morgan fingerprint density at radius 3 is 2.28 bits per heavy atom.